The van der Waals surface area contributed by atoms with Crippen molar-refractivity contribution in [1.82, 2.24) is 10.3 Å². The molecule has 1 aliphatic carbocycles. The molecule has 0 radical (unpaired) electrons. The standard InChI is InChI=1S/C10H12N4O2/c11-9(14-16)6-1-4-8(12-5-6)10(15)13-7-2-3-7/h1,4-5,7,16H,2-3H2,(H2,11,14)(H,13,15). The minimum Gasteiger partial charge on any atom is -0.409 e. The van der Waals surface area contributed by atoms with Gasteiger partial charge in [-0.25, -0.2) is 0 Å². The molecule has 2 rings (SSSR count). The SMILES string of the molecule is NC(=NO)c1ccc(C(=O)NC2CC2)nc1. The number of hydrogen-bond acceptors (Lipinski definition) is 4. The Morgan fingerprint density at radius 1 is 1.56 bits per heavy atom. The van der Waals surface area contributed by atoms with Crippen molar-refractivity contribution in [2.24, 2.45) is 10.9 Å². The van der Waals surface area contributed by atoms with Crippen molar-refractivity contribution in [1.29, 1.82) is 0 Å². The van der Waals surface area contributed by atoms with Gasteiger partial charge in [-0.1, -0.05) is 5.16 Å². The molecule has 1 heterocycles. The van der Waals surface area contributed by atoms with Crippen molar-refractivity contribution < 1.29 is 10.0 Å². The molecule has 1 aromatic rings. The molecule has 6 heteroatoms. The van der Waals surface area contributed by atoms with Gasteiger partial charge in [0.15, 0.2) is 5.84 Å². The van der Waals surface area contributed by atoms with Crippen molar-refractivity contribution in [3.05, 3.63) is 29.6 Å². The summed E-state index contributed by atoms with van der Waals surface area (Å²) in [6, 6.07) is 3.44. The van der Waals surface area contributed by atoms with Gasteiger partial charge in [0.2, 0.25) is 0 Å². The first kappa shape index (κ1) is 10.4. The Hall–Kier alpha value is -2.11. The van der Waals surface area contributed by atoms with Crippen LogP contribution in [0.1, 0.15) is 28.9 Å². The van der Waals surface area contributed by atoms with Gasteiger partial charge in [0.25, 0.3) is 5.91 Å². The fourth-order valence-electron chi connectivity index (χ4n) is 1.22. The number of rotatable bonds is 3. The van der Waals surface area contributed by atoms with Gasteiger partial charge in [0.05, 0.1) is 0 Å². The van der Waals surface area contributed by atoms with Crippen LogP contribution in [0.3, 0.4) is 0 Å². The van der Waals surface area contributed by atoms with Gasteiger partial charge >= 0.3 is 0 Å². The second-order valence-electron chi connectivity index (χ2n) is 3.67. The predicted octanol–water partition coefficient (Wildman–Crippen LogP) is 0.0683. The van der Waals surface area contributed by atoms with E-state index in [-0.39, 0.29) is 11.7 Å². The van der Waals surface area contributed by atoms with Crippen LogP contribution in [0.5, 0.6) is 0 Å². The smallest absolute Gasteiger partial charge is 0.270 e. The highest BCUT2D eigenvalue weighted by Gasteiger charge is 2.24. The fraction of sp³-hybridized carbons (Fsp3) is 0.300. The molecule has 0 spiro atoms. The van der Waals surface area contributed by atoms with Gasteiger partial charge in [0, 0.05) is 17.8 Å². The molecule has 1 fully saturated rings. The summed E-state index contributed by atoms with van der Waals surface area (Å²) in [6.45, 7) is 0. The lowest BCUT2D eigenvalue weighted by Gasteiger charge is -2.03. The zero-order chi connectivity index (χ0) is 11.5. The van der Waals surface area contributed by atoms with Crippen LogP contribution in [0, 0.1) is 0 Å². The summed E-state index contributed by atoms with van der Waals surface area (Å²) in [6.07, 6.45) is 3.47. The van der Waals surface area contributed by atoms with Crippen molar-refractivity contribution in [2.75, 3.05) is 0 Å². The highest BCUT2D eigenvalue weighted by Crippen LogP contribution is 2.19. The number of oxime groups is 1. The van der Waals surface area contributed by atoms with Gasteiger partial charge in [-0.05, 0) is 25.0 Å². The molecule has 4 N–H and O–H groups in total. The van der Waals surface area contributed by atoms with Crippen LogP contribution in [-0.4, -0.2) is 28.0 Å². The van der Waals surface area contributed by atoms with E-state index in [0.717, 1.165) is 12.8 Å². The Balaban J connectivity index is 2.08. The Bertz CT molecular complexity index is 423. The first-order valence-electron chi connectivity index (χ1n) is 4.95. The van der Waals surface area contributed by atoms with E-state index in [1.807, 2.05) is 0 Å². The van der Waals surface area contributed by atoms with Crippen LogP contribution in [-0.2, 0) is 0 Å². The van der Waals surface area contributed by atoms with E-state index in [1.165, 1.54) is 6.20 Å². The molecule has 1 saturated carbocycles. The third-order valence-corrected chi connectivity index (χ3v) is 2.31. The topological polar surface area (TPSA) is 101 Å². The number of nitrogens with zero attached hydrogens (tertiary/aromatic N) is 2. The van der Waals surface area contributed by atoms with E-state index >= 15 is 0 Å². The molecule has 16 heavy (non-hydrogen) atoms. The number of carbonyl (C=O) groups is 1. The Morgan fingerprint density at radius 2 is 2.31 bits per heavy atom. The molecule has 1 aliphatic rings. The first-order valence-corrected chi connectivity index (χ1v) is 4.95. The van der Waals surface area contributed by atoms with E-state index < -0.39 is 0 Å². The number of amidine groups is 1. The van der Waals surface area contributed by atoms with Crippen molar-refractivity contribution >= 4 is 11.7 Å². The van der Waals surface area contributed by atoms with Crippen LogP contribution in [0.2, 0.25) is 0 Å². The van der Waals surface area contributed by atoms with Gasteiger partial charge in [-0.15, -0.1) is 0 Å². The van der Waals surface area contributed by atoms with Crippen molar-refractivity contribution in [3.63, 3.8) is 0 Å². The number of nitrogens with two attached hydrogens (primary N) is 1. The summed E-state index contributed by atoms with van der Waals surface area (Å²) < 4.78 is 0. The number of pyridine rings is 1. The number of amides is 1. The number of nitrogens with one attached hydrogen (secondary N) is 1. The molecule has 1 amide bonds. The maximum absolute atomic E-state index is 11.6. The van der Waals surface area contributed by atoms with E-state index in [9.17, 15) is 4.79 Å². The van der Waals surface area contributed by atoms with E-state index in [2.05, 4.69) is 15.5 Å². The predicted molar refractivity (Wildman–Crippen MR) is 57.2 cm³/mol. The molecule has 84 valence electrons. The molecule has 0 bridgehead atoms. The number of aromatic nitrogens is 1. The highest BCUT2D eigenvalue weighted by molar-refractivity contribution is 5.98. The Kier molecular flexibility index (Phi) is 2.72. The monoisotopic (exact) mass is 220 g/mol. The average Bonchev–Trinajstić information content (AvgIpc) is 3.12. The largest absolute Gasteiger partial charge is 0.409 e. The van der Waals surface area contributed by atoms with E-state index in [0.29, 0.717) is 17.3 Å². The first-order chi connectivity index (χ1) is 7.70. The summed E-state index contributed by atoms with van der Waals surface area (Å²) in [5.74, 6) is -0.213. The fourth-order valence-corrected chi connectivity index (χ4v) is 1.22. The number of hydrogen-bond donors (Lipinski definition) is 3. The minimum atomic E-state index is -0.187. The van der Waals surface area contributed by atoms with Gasteiger partial charge in [0.1, 0.15) is 5.69 Å². The molecule has 0 aromatic carbocycles. The quantitative estimate of drug-likeness (QED) is 0.290. The van der Waals surface area contributed by atoms with Gasteiger partial charge in [-0.3, -0.25) is 9.78 Å². The summed E-state index contributed by atoms with van der Waals surface area (Å²) in [7, 11) is 0. The summed E-state index contributed by atoms with van der Waals surface area (Å²) >= 11 is 0. The van der Waals surface area contributed by atoms with Crippen LogP contribution in [0.15, 0.2) is 23.5 Å². The van der Waals surface area contributed by atoms with Crippen LogP contribution in [0.4, 0.5) is 0 Å². The third-order valence-electron chi connectivity index (χ3n) is 2.31. The summed E-state index contributed by atoms with van der Waals surface area (Å²) in [4.78, 5) is 15.5. The lowest BCUT2D eigenvalue weighted by atomic mass is 10.2. The molecule has 0 unspecified atom stereocenters. The maximum Gasteiger partial charge on any atom is 0.270 e. The van der Waals surface area contributed by atoms with Crippen LogP contribution >= 0.6 is 0 Å². The molecule has 0 atom stereocenters. The summed E-state index contributed by atoms with van der Waals surface area (Å²) in [5.41, 5.74) is 6.18. The highest BCUT2D eigenvalue weighted by atomic mass is 16.4. The zero-order valence-corrected chi connectivity index (χ0v) is 8.55. The van der Waals surface area contributed by atoms with E-state index in [1.54, 1.807) is 12.1 Å². The van der Waals surface area contributed by atoms with Crippen molar-refractivity contribution in [2.45, 2.75) is 18.9 Å². The zero-order valence-electron chi connectivity index (χ0n) is 8.55. The molecular weight excluding hydrogens is 208 g/mol. The molecular formula is C10H12N4O2. The van der Waals surface area contributed by atoms with Gasteiger partial charge < -0.3 is 16.3 Å². The Labute approximate surface area is 92.2 Å². The second kappa shape index (κ2) is 4.18. The molecule has 0 saturated heterocycles. The average molecular weight is 220 g/mol. The summed E-state index contributed by atoms with van der Waals surface area (Å²) in [5, 5.41) is 14.1. The van der Waals surface area contributed by atoms with Crippen LogP contribution < -0.4 is 11.1 Å². The Morgan fingerprint density at radius 3 is 2.81 bits per heavy atom. The molecule has 1 aromatic heterocycles. The third kappa shape index (κ3) is 2.28. The molecule has 6 nitrogen and oxygen atoms in total. The van der Waals surface area contributed by atoms with Gasteiger partial charge in [-0.2, -0.15) is 0 Å². The lowest BCUT2D eigenvalue weighted by molar-refractivity contribution is 0.0946. The second-order valence-corrected chi connectivity index (χ2v) is 3.67. The molecule has 0 aliphatic heterocycles. The maximum atomic E-state index is 11.6. The number of carbonyl (C=O) groups excluding carboxylic acids is 1. The lowest BCUT2D eigenvalue weighted by Crippen LogP contribution is -2.26. The minimum absolute atomic E-state index is 0.0262. The normalized spacial score (nSPS) is 15.9. The van der Waals surface area contributed by atoms with Crippen molar-refractivity contribution in [3.8, 4) is 0 Å². The van der Waals surface area contributed by atoms with Crippen LogP contribution in [0.25, 0.3) is 0 Å². The van der Waals surface area contributed by atoms with E-state index in [4.69, 9.17) is 10.9 Å².